The number of hydrogen-bond acceptors (Lipinski definition) is 3. The van der Waals surface area contributed by atoms with Gasteiger partial charge in [-0.15, -0.1) is 0 Å². The number of rotatable bonds is 2. The van der Waals surface area contributed by atoms with E-state index in [1.165, 1.54) is 18.7 Å². The van der Waals surface area contributed by atoms with Gasteiger partial charge >= 0.3 is 0 Å². The molecule has 0 bridgehead atoms. The zero-order valence-corrected chi connectivity index (χ0v) is 10.9. The van der Waals surface area contributed by atoms with Crippen molar-refractivity contribution in [1.29, 1.82) is 0 Å². The summed E-state index contributed by atoms with van der Waals surface area (Å²) in [7, 11) is 0. The van der Waals surface area contributed by atoms with Crippen LogP contribution in [0.2, 0.25) is 0 Å². The van der Waals surface area contributed by atoms with Crippen molar-refractivity contribution in [1.82, 2.24) is 14.9 Å². The molecule has 4 heteroatoms. The number of aromatic nitrogens is 2. The molecule has 3 rings (SSSR count). The molecule has 1 aliphatic heterocycles. The van der Waals surface area contributed by atoms with Gasteiger partial charge in [0.1, 0.15) is 0 Å². The molecule has 18 heavy (non-hydrogen) atoms. The zero-order valence-electron chi connectivity index (χ0n) is 10.9. The summed E-state index contributed by atoms with van der Waals surface area (Å²) in [4.78, 5) is 12.5. The first kappa shape index (κ1) is 11.5. The summed E-state index contributed by atoms with van der Waals surface area (Å²) >= 11 is 0. The SMILES string of the molecule is CCN1CCCN(c2ccc3nc[nH]c3c2)CC1. The van der Waals surface area contributed by atoms with Gasteiger partial charge in [-0.25, -0.2) is 4.98 Å². The Balaban J connectivity index is 1.80. The number of anilines is 1. The molecule has 1 saturated heterocycles. The lowest BCUT2D eigenvalue weighted by Gasteiger charge is -2.23. The topological polar surface area (TPSA) is 35.2 Å². The van der Waals surface area contributed by atoms with Gasteiger partial charge in [-0.1, -0.05) is 6.92 Å². The Bertz CT molecular complexity index is 519. The van der Waals surface area contributed by atoms with E-state index < -0.39 is 0 Å². The quantitative estimate of drug-likeness (QED) is 0.878. The van der Waals surface area contributed by atoms with Crippen molar-refractivity contribution in [2.45, 2.75) is 13.3 Å². The van der Waals surface area contributed by atoms with Crippen LogP contribution in [-0.4, -0.2) is 47.6 Å². The van der Waals surface area contributed by atoms with E-state index >= 15 is 0 Å². The highest BCUT2D eigenvalue weighted by Gasteiger charge is 2.14. The maximum absolute atomic E-state index is 4.27. The normalized spacial score (nSPS) is 18.2. The van der Waals surface area contributed by atoms with E-state index in [9.17, 15) is 0 Å². The van der Waals surface area contributed by atoms with Crippen molar-refractivity contribution < 1.29 is 0 Å². The molecule has 0 atom stereocenters. The fraction of sp³-hybridized carbons (Fsp3) is 0.500. The minimum Gasteiger partial charge on any atom is -0.370 e. The molecule has 4 nitrogen and oxygen atoms in total. The largest absolute Gasteiger partial charge is 0.370 e. The van der Waals surface area contributed by atoms with Crippen LogP contribution >= 0.6 is 0 Å². The number of imidazole rings is 1. The summed E-state index contributed by atoms with van der Waals surface area (Å²) in [6.07, 6.45) is 3.00. The van der Waals surface area contributed by atoms with E-state index in [2.05, 4.69) is 44.9 Å². The molecular weight excluding hydrogens is 224 g/mol. The van der Waals surface area contributed by atoms with Crippen LogP contribution in [0.5, 0.6) is 0 Å². The summed E-state index contributed by atoms with van der Waals surface area (Å²) in [6, 6.07) is 6.50. The van der Waals surface area contributed by atoms with Gasteiger partial charge < -0.3 is 14.8 Å². The van der Waals surface area contributed by atoms with E-state index in [1.807, 2.05) is 0 Å². The van der Waals surface area contributed by atoms with Crippen LogP contribution in [-0.2, 0) is 0 Å². The Morgan fingerprint density at radius 2 is 2.17 bits per heavy atom. The number of H-pyrrole nitrogens is 1. The molecule has 0 aliphatic carbocycles. The fourth-order valence-electron chi connectivity index (χ4n) is 2.67. The van der Waals surface area contributed by atoms with Crippen LogP contribution in [0.1, 0.15) is 13.3 Å². The summed E-state index contributed by atoms with van der Waals surface area (Å²) < 4.78 is 0. The number of benzene rings is 1. The number of nitrogens with zero attached hydrogens (tertiary/aromatic N) is 3. The van der Waals surface area contributed by atoms with Gasteiger partial charge in [-0.05, 0) is 37.7 Å². The molecule has 0 amide bonds. The third-order valence-corrected chi connectivity index (χ3v) is 3.80. The number of aromatic amines is 1. The van der Waals surface area contributed by atoms with Crippen molar-refractivity contribution >= 4 is 16.7 Å². The van der Waals surface area contributed by atoms with E-state index in [0.29, 0.717) is 0 Å². The highest BCUT2D eigenvalue weighted by Crippen LogP contribution is 2.21. The first-order valence-electron chi connectivity index (χ1n) is 6.77. The molecule has 2 heterocycles. The predicted molar refractivity (Wildman–Crippen MR) is 75.0 cm³/mol. The Kier molecular flexibility index (Phi) is 3.19. The van der Waals surface area contributed by atoms with Crippen molar-refractivity contribution in [2.75, 3.05) is 37.6 Å². The average molecular weight is 244 g/mol. The van der Waals surface area contributed by atoms with Crippen LogP contribution in [0, 0.1) is 0 Å². The molecule has 0 unspecified atom stereocenters. The molecule has 0 spiro atoms. The molecule has 1 aliphatic rings. The summed E-state index contributed by atoms with van der Waals surface area (Å²) in [5.41, 5.74) is 3.48. The Labute approximate surface area is 108 Å². The molecule has 1 fully saturated rings. The van der Waals surface area contributed by atoms with Gasteiger partial charge in [0, 0.05) is 25.3 Å². The molecule has 1 aromatic heterocycles. The van der Waals surface area contributed by atoms with Gasteiger partial charge in [-0.3, -0.25) is 0 Å². The van der Waals surface area contributed by atoms with Gasteiger partial charge in [0.15, 0.2) is 0 Å². The molecular formula is C14H20N4. The molecule has 1 N–H and O–H groups in total. The van der Waals surface area contributed by atoms with Crippen LogP contribution < -0.4 is 4.90 Å². The maximum Gasteiger partial charge on any atom is 0.0931 e. The number of likely N-dealkylation sites (N-methyl/N-ethyl adjacent to an activating group) is 1. The fourth-order valence-corrected chi connectivity index (χ4v) is 2.67. The second kappa shape index (κ2) is 4.98. The minimum atomic E-state index is 1.05. The highest BCUT2D eigenvalue weighted by molar-refractivity contribution is 5.79. The highest BCUT2D eigenvalue weighted by atomic mass is 15.2. The third kappa shape index (κ3) is 2.20. The molecule has 0 saturated carbocycles. The number of fused-ring (bicyclic) bond motifs is 1. The van der Waals surface area contributed by atoms with Crippen molar-refractivity contribution in [3.8, 4) is 0 Å². The predicted octanol–water partition coefficient (Wildman–Crippen LogP) is 2.09. The van der Waals surface area contributed by atoms with E-state index in [1.54, 1.807) is 6.33 Å². The smallest absolute Gasteiger partial charge is 0.0931 e. The monoisotopic (exact) mass is 244 g/mol. The van der Waals surface area contributed by atoms with E-state index in [-0.39, 0.29) is 0 Å². The maximum atomic E-state index is 4.27. The lowest BCUT2D eigenvalue weighted by Crippen LogP contribution is -2.30. The standard InChI is InChI=1S/C14H20N4/c1-2-17-6-3-7-18(9-8-17)12-4-5-13-14(10-12)16-11-15-13/h4-5,10-11H,2-3,6-9H2,1H3,(H,15,16). The Morgan fingerprint density at radius 1 is 1.22 bits per heavy atom. The van der Waals surface area contributed by atoms with Crippen molar-refractivity contribution in [3.63, 3.8) is 0 Å². The third-order valence-electron chi connectivity index (χ3n) is 3.80. The Hall–Kier alpha value is -1.55. The first-order chi connectivity index (χ1) is 8.86. The summed E-state index contributed by atoms with van der Waals surface area (Å²) in [5, 5.41) is 0. The van der Waals surface area contributed by atoms with Crippen LogP contribution in [0.3, 0.4) is 0 Å². The summed E-state index contributed by atoms with van der Waals surface area (Å²) in [5.74, 6) is 0. The molecule has 96 valence electrons. The first-order valence-corrected chi connectivity index (χ1v) is 6.77. The van der Waals surface area contributed by atoms with Gasteiger partial charge in [-0.2, -0.15) is 0 Å². The zero-order chi connectivity index (χ0) is 12.4. The van der Waals surface area contributed by atoms with Crippen LogP contribution in [0.15, 0.2) is 24.5 Å². The van der Waals surface area contributed by atoms with Crippen LogP contribution in [0.4, 0.5) is 5.69 Å². The molecule has 2 aromatic rings. The van der Waals surface area contributed by atoms with E-state index in [4.69, 9.17) is 0 Å². The van der Waals surface area contributed by atoms with E-state index in [0.717, 1.165) is 37.2 Å². The lowest BCUT2D eigenvalue weighted by molar-refractivity contribution is 0.310. The summed E-state index contributed by atoms with van der Waals surface area (Å²) in [6.45, 7) is 8.06. The molecule has 0 radical (unpaired) electrons. The Morgan fingerprint density at radius 3 is 3.06 bits per heavy atom. The second-order valence-electron chi connectivity index (χ2n) is 4.88. The van der Waals surface area contributed by atoms with Gasteiger partial charge in [0.05, 0.1) is 17.4 Å². The number of nitrogens with one attached hydrogen (secondary N) is 1. The average Bonchev–Trinajstić information content (AvgIpc) is 2.74. The van der Waals surface area contributed by atoms with Gasteiger partial charge in [0.25, 0.3) is 0 Å². The lowest BCUT2D eigenvalue weighted by atomic mass is 10.2. The van der Waals surface area contributed by atoms with Crippen molar-refractivity contribution in [2.24, 2.45) is 0 Å². The van der Waals surface area contributed by atoms with Crippen LogP contribution in [0.25, 0.3) is 11.0 Å². The molecule has 1 aromatic carbocycles. The van der Waals surface area contributed by atoms with Crippen molar-refractivity contribution in [3.05, 3.63) is 24.5 Å². The number of hydrogen-bond donors (Lipinski definition) is 1. The minimum absolute atomic E-state index is 1.05. The van der Waals surface area contributed by atoms with Gasteiger partial charge in [0.2, 0.25) is 0 Å². The second-order valence-corrected chi connectivity index (χ2v) is 4.88.